The highest BCUT2D eigenvalue weighted by Gasteiger charge is 2.08. The van der Waals surface area contributed by atoms with Gasteiger partial charge in [-0.15, -0.1) is 0 Å². The molecule has 1 aromatic carbocycles. The number of aromatic nitrogens is 1. The Morgan fingerprint density at radius 1 is 1.26 bits per heavy atom. The van der Waals surface area contributed by atoms with Gasteiger partial charge in [-0.1, -0.05) is 6.07 Å². The van der Waals surface area contributed by atoms with Crippen molar-refractivity contribution in [2.24, 2.45) is 0 Å². The fourth-order valence-corrected chi connectivity index (χ4v) is 1.71. The van der Waals surface area contributed by atoms with Gasteiger partial charge >= 0.3 is 0 Å². The van der Waals surface area contributed by atoms with Crippen molar-refractivity contribution >= 4 is 0 Å². The first kappa shape index (κ1) is 13.5. The van der Waals surface area contributed by atoms with Gasteiger partial charge in [0.15, 0.2) is 11.6 Å². The fraction of sp³-hybridized carbons (Fsp3) is 0.267. The standard InChI is InChI=1S/C15H17FN2O/c1-11(17-2)13-3-4-15(14(16)9-13)19-10-12-5-7-18-8-6-12/h3-9,11,17H,10H2,1-2H3. The Morgan fingerprint density at radius 2 is 2.00 bits per heavy atom. The van der Waals surface area contributed by atoms with Crippen LogP contribution in [0.3, 0.4) is 0 Å². The molecule has 2 rings (SSSR count). The molecule has 0 saturated heterocycles. The van der Waals surface area contributed by atoms with E-state index in [4.69, 9.17) is 4.74 Å². The third-order valence-corrected chi connectivity index (χ3v) is 3.03. The molecule has 0 aliphatic carbocycles. The Morgan fingerprint density at radius 3 is 2.63 bits per heavy atom. The first-order valence-electron chi connectivity index (χ1n) is 6.19. The van der Waals surface area contributed by atoms with E-state index >= 15 is 0 Å². The molecule has 100 valence electrons. The minimum Gasteiger partial charge on any atom is -0.486 e. The first-order chi connectivity index (χ1) is 9.20. The third-order valence-electron chi connectivity index (χ3n) is 3.03. The maximum absolute atomic E-state index is 13.9. The first-order valence-corrected chi connectivity index (χ1v) is 6.19. The second kappa shape index (κ2) is 6.29. The summed E-state index contributed by atoms with van der Waals surface area (Å²) < 4.78 is 19.4. The number of nitrogens with zero attached hydrogens (tertiary/aromatic N) is 1. The summed E-state index contributed by atoms with van der Waals surface area (Å²) >= 11 is 0. The van der Waals surface area contributed by atoms with E-state index in [1.165, 1.54) is 6.07 Å². The summed E-state index contributed by atoms with van der Waals surface area (Å²) in [7, 11) is 1.84. The second-order valence-electron chi connectivity index (χ2n) is 4.34. The molecule has 4 heteroatoms. The summed E-state index contributed by atoms with van der Waals surface area (Å²) in [5.74, 6) is -0.0717. The molecule has 0 spiro atoms. The van der Waals surface area contributed by atoms with Gasteiger partial charge in [-0.05, 0) is 49.4 Å². The van der Waals surface area contributed by atoms with Crippen molar-refractivity contribution in [3.05, 3.63) is 59.7 Å². The van der Waals surface area contributed by atoms with Crippen molar-refractivity contribution in [2.75, 3.05) is 7.05 Å². The van der Waals surface area contributed by atoms with Crippen molar-refractivity contribution < 1.29 is 9.13 Å². The van der Waals surface area contributed by atoms with Gasteiger partial charge in [-0.3, -0.25) is 4.98 Å². The van der Waals surface area contributed by atoms with Crippen molar-refractivity contribution in [3.63, 3.8) is 0 Å². The zero-order valence-electron chi connectivity index (χ0n) is 11.1. The van der Waals surface area contributed by atoms with E-state index in [0.29, 0.717) is 6.61 Å². The molecule has 0 amide bonds. The lowest BCUT2D eigenvalue weighted by molar-refractivity contribution is 0.290. The van der Waals surface area contributed by atoms with Gasteiger partial charge in [0.1, 0.15) is 6.61 Å². The van der Waals surface area contributed by atoms with Crippen LogP contribution in [0.1, 0.15) is 24.1 Å². The summed E-state index contributed by atoms with van der Waals surface area (Å²) in [6.45, 7) is 2.31. The minimum absolute atomic E-state index is 0.115. The molecule has 0 aliphatic rings. The van der Waals surface area contributed by atoms with Crippen LogP contribution in [0, 0.1) is 5.82 Å². The quantitative estimate of drug-likeness (QED) is 0.897. The maximum atomic E-state index is 13.9. The molecule has 1 aromatic heterocycles. The predicted molar refractivity (Wildman–Crippen MR) is 72.4 cm³/mol. The summed E-state index contributed by atoms with van der Waals surface area (Å²) in [4.78, 5) is 3.92. The van der Waals surface area contributed by atoms with E-state index in [2.05, 4.69) is 10.3 Å². The third kappa shape index (κ3) is 3.51. The van der Waals surface area contributed by atoms with Crippen LogP contribution < -0.4 is 10.1 Å². The molecule has 1 heterocycles. The number of halogens is 1. The van der Waals surface area contributed by atoms with Crippen LogP contribution in [0.5, 0.6) is 5.75 Å². The van der Waals surface area contributed by atoms with Crippen molar-refractivity contribution in [3.8, 4) is 5.75 Å². The average Bonchev–Trinajstić information content (AvgIpc) is 2.46. The molecule has 1 atom stereocenters. The van der Waals surface area contributed by atoms with Gasteiger partial charge in [0.2, 0.25) is 0 Å². The van der Waals surface area contributed by atoms with Gasteiger partial charge in [-0.2, -0.15) is 0 Å². The highest BCUT2D eigenvalue weighted by molar-refractivity contribution is 5.31. The molecule has 0 bridgehead atoms. The van der Waals surface area contributed by atoms with Crippen LogP contribution in [-0.2, 0) is 6.61 Å². The number of nitrogens with one attached hydrogen (secondary N) is 1. The van der Waals surface area contributed by atoms with Crippen molar-refractivity contribution in [1.82, 2.24) is 10.3 Å². The Balaban J connectivity index is 2.05. The van der Waals surface area contributed by atoms with Crippen LogP contribution in [-0.4, -0.2) is 12.0 Å². The van der Waals surface area contributed by atoms with Crippen LogP contribution in [0.4, 0.5) is 4.39 Å². The van der Waals surface area contributed by atoms with Crippen LogP contribution in [0.15, 0.2) is 42.7 Å². The van der Waals surface area contributed by atoms with Gasteiger partial charge < -0.3 is 10.1 Å². The summed E-state index contributed by atoms with van der Waals surface area (Å²) in [6.07, 6.45) is 3.37. The molecule has 0 saturated carbocycles. The molecule has 0 aliphatic heterocycles. The van der Waals surface area contributed by atoms with E-state index < -0.39 is 0 Å². The zero-order chi connectivity index (χ0) is 13.7. The lowest BCUT2D eigenvalue weighted by atomic mass is 10.1. The zero-order valence-corrected chi connectivity index (χ0v) is 11.1. The number of benzene rings is 1. The summed E-state index contributed by atoms with van der Waals surface area (Å²) in [5.41, 5.74) is 1.86. The van der Waals surface area contributed by atoms with Gasteiger partial charge in [0.05, 0.1) is 0 Å². The Labute approximate surface area is 112 Å². The normalized spacial score (nSPS) is 12.2. The van der Waals surface area contributed by atoms with Crippen molar-refractivity contribution in [1.29, 1.82) is 0 Å². The minimum atomic E-state index is -0.339. The molecular formula is C15H17FN2O. The Hall–Kier alpha value is -1.94. The van der Waals surface area contributed by atoms with E-state index in [-0.39, 0.29) is 17.6 Å². The average molecular weight is 260 g/mol. The second-order valence-corrected chi connectivity index (χ2v) is 4.34. The van der Waals surface area contributed by atoms with Crippen LogP contribution >= 0.6 is 0 Å². The van der Waals surface area contributed by atoms with E-state index in [1.54, 1.807) is 18.5 Å². The number of ether oxygens (including phenoxy) is 1. The predicted octanol–water partition coefficient (Wildman–Crippen LogP) is 3.08. The monoisotopic (exact) mass is 260 g/mol. The smallest absolute Gasteiger partial charge is 0.165 e. The Bertz CT molecular complexity index is 531. The molecule has 0 radical (unpaired) electrons. The molecule has 19 heavy (non-hydrogen) atoms. The molecule has 0 fully saturated rings. The molecular weight excluding hydrogens is 243 g/mol. The van der Waals surface area contributed by atoms with Crippen molar-refractivity contribution in [2.45, 2.75) is 19.6 Å². The largest absolute Gasteiger partial charge is 0.486 e. The SMILES string of the molecule is CNC(C)c1ccc(OCc2ccncc2)c(F)c1. The fourth-order valence-electron chi connectivity index (χ4n) is 1.71. The lowest BCUT2D eigenvalue weighted by Gasteiger charge is -2.13. The van der Waals surface area contributed by atoms with Gasteiger partial charge in [0, 0.05) is 18.4 Å². The maximum Gasteiger partial charge on any atom is 0.165 e. The highest BCUT2D eigenvalue weighted by atomic mass is 19.1. The molecule has 1 N–H and O–H groups in total. The van der Waals surface area contributed by atoms with Crippen LogP contribution in [0.2, 0.25) is 0 Å². The summed E-state index contributed by atoms with van der Waals surface area (Å²) in [6, 6.07) is 8.84. The number of rotatable bonds is 5. The topological polar surface area (TPSA) is 34.1 Å². The summed E-state index contributed by atoms with van der Waals surface area (Å²) in [5, 5.41) is 3.07. The molecule has 1 unspecified atom stereocenters. The lowest BCUT2D eigenvalue weighted by Crippen LogP contribution is -2.12. The van der Waals surface area contributed by atoms with Gasteiger partial charge in [0.25, 0.3) is 0 Å². The number of hydrogen-bond acceptors (Lipinski definition) is 3. The highest BCUT2D eigenvalue weighted by Crippen LogP contribution is 2.22. The Kier molecular flexibility index (Phi) is 4.47. The van der Waals surface area contributed by atoms with E-state index in [1.807, 2.05) is 32.2 Å². The molecule has 3 nitrogen and oxygen atoms in total. The number of pyridine rings is 1. The van der Waals surface area contributed by atoms with E-state index in [0.717, 1.165) is 11.1 Å². The van der Waals surface area contributed by atoms with Crippen LogP contribution in [0.25, 0.3) is 0 Å². The van der Waals surface area contributed by atoms with Gasteiger partial charge in [-0.25, -0.2) is 4.39 Å². The van der Waals surface area contributed by atoms with E-state index in [9.17, 15) is 4.39 Å². The molecule has 2 aromatic rings. The number of hydrogen-bond donors (Lipinski definition) is 1.